The molecule has 9 nitrogen and oxygen atoms in total. The second kappa shape index (κ2) is 9.14. The number of nitrogens with one attached hydrogen (secondary N) is 2. The Kier molecular flexibility index (Phi) is 6.89. The zero-order valence-corrected chi connectivity index (χ0v) is 16.6. The van der Waals surface area contributed by atoms with Crippen LogP contribution in [0.1, 0.15) is 28.7 Å². The highest BCUT2D eigenvalue weighted by Gasteiger charge is 2.17. The van der Waals surface area contributed by atoms with Crippen LogP contribution < -0.4 is 15.4 Å². The van der Waals surface area contributed by atoms with Crippen molar-refractivity contribution < 1.29 is 23.9 Å². The van der Waals surface area contributed by atoms with E-state index in [0.717, 1.165) is 0 Å². The number of nitrogens with zero attached hydrogens (tertiary/aromatic N) is 2. The third-order valence-electron chi connectivity index (χ3n) is 4.06. The standard InChI is InChI=1S/C19H24N4O5/c1-11-19(13(3)24)12(2)23(22-11)9-17(25)20-14-6-7-16(28-5)15(8-14)21-18(26)10-27-4/h6-8H,9-10H2,1-5H3,(H,20,25)(H,21,26). The van der Waals surface area contributed by atoms with E-state index in [0.29, 0.717) is 34.1 Å². The van der Waals surface area contributed by atoms with Gasteiger partial charge in [0.2, 0.25) is 11.8 Å². The number of carbonyl (C=O) groups is 3. The first-order chi connectivity index (χ1) is 13.3. The molecule has 2 rings (SSSR count). The highest BCUT2D eigenvalue weighted by molar-refractivity contribution is 5.97. The maximum atomic E-state index is 12.4. The third kappa shape index (κ3) is 4.95. The lowest BCUT2D eigenvalue weighted by molar-refractivity contribution is -0.119. The largest absolute Gasteiger partial charge is 0.495 e. The van der Waals surface area contributed by atoms with E-state index in [2.05, 4.69) is 15.7 Å². The Hall–Kier alpha value is -3.20. The number of ether oxygens (including phenoxy) is 2. The van der Waals surface area contributed by atoms with Crippen molar-refractivity contribution in [2.45, 2.75) is 27.3 Å². The van der Waals surface area contributed by atoms with Gasteiger partial charge in [-0.25, -0.2) is 0 Å². The van der Waals surface area contributed by atoms with Crippen LogP contribution in [0.5, 0.6) is 5.75 Å². The van der Waals surface area contributed by atoms with Gasteiger partial charge in [0.05, 0.1) is 24.1 Å². The maximum absolute atomic E-state index is 12.4. The first-order valence-electron chi connectivity index (χ1n) is 8.58. The van der Waals surface area contributed by atoms with Crippen LogP contribution in [0.3, 0.4) is 0 Å². The average molecular weight is 388 g/mol. The molecule has 0 fully saturated rings. The summed E-state index contributed by atoms with van der Waals surface area (Å²) in [5, 5.41) is 9.67. The minimum atomic E-state index is -0.344. The van der Waals surface area contributed by atoms with Gasteiger partial charge in [0.1, 0.15) is 18.9 Å². The smallest absolute Gasteiger partial charge is 0.250 e. The summed E-state index contributed by atoms with van der Waals surface area (Å²) in [6.07, 6.45) is 0. The molecule has 9 heteroatoms. The quantitative estimate of drug-likeness (QED) is 0.669. The Morgan fingerprint density at radius 3 is 2.39 bits per heavy atom. The van der Waals surface area contributed by atoms with Gasteiger partial charge in [-0.3, -0.25) is 19.1 Å². The molecule has 0 aliphatic heterocycles. The van der Waals surface area contributed by atoms with Crippen LogP contribution in [-0.2, 0) is 20.9 Å². The number of anilines is 2. The fourth-order valence-electron chi connectivity index (χ4n) is 2.90. The summed E-state index contributed by atoms with van der Waals surface area (Å²) in [5.41, 5.74) is 2.65. The van der Waals surface area contributed by atoms with Gasteiger partial charge in [-0.05, 0) is 39.0 Å². The van der Waals surface area contributed by atoms with Gasteiger partial charge in [0.15, 0.2) is 5.78 Å². The number of benzene rings is 1. The van der Waals surface area contributed by atoms with E-state index in [1.165, 1.54) is 25.8 Å². The van der Waals surface area contributed by atoms with Crippen LogP contribution in [0.2, 0.25) is 0 Å². The number of hydrogen-bond acceptors (Lipinski definition) is 6. The zero-order valence-electron chi connectivity index (χ0n) is 16.6. The van der Waals surface area contributed by atoms with Crippen LogP contribution in [0.4, 0.5) is 11.4 Å². The topological polar surface area (TPSA) is 112 Å². The molecular weight excluding hydrogens is 364 g/mol. The second-order valence-electron chi connectivity index (χ2n) is 6.20. The van der Waals surface area contributed by atoms with Gasteiger partial charge in [-0.2, -0.15) is 5.10 Å². The van der Waals surface area contributed by atoms with Gasteiger partial charge in [0, 0.05) is 18.5 Å². The van der Waals surface area contributed by atoms with Crippen molar-refractivity contribution in [3.63, 3.8) is 0 Å². The fraction of sp³-hybridized carbons (Fsp3) is 0.368. The van der Waals surface area contributed by atoms with E-state index in [1.807, 2.05) is 0 Å². The van der Waals surface area contributed by atoms with Crippen molar-refractivity contribution in [1.82, 2.24) is 9.78 Å². The summed E-state index contributed by atoms with van der Waals surface area (Å²) in [5.74, 6) is -0.302. The molecule has 0 atom stereocenters. The highest BCUT2D eigenvalue weighted by atomic mass is 16.5. The maximum Gasteiger partial charge on any atom is 0.250 e. The Morgan fingerprint density at radius 1 is 1.11 bits per heavy atom. The lowest BCUT2D eigenvalue weighted by atomic mass is 10.1. The second-order valence-corrected chi connectivity index (χ2v) is 6.20. The lowest BCUT2D eigenvalue weighted by Crippen LogP contribution is -2.21. The first kappa shape index (κ1) is 21.1. The summed E-state index contributed by atoms with van der Waals surface area (Å²) in [7, 11) is 2.90. The molecule has 0 unspecified atom stereocenters. The minimum absolute atomic E-state index is 0.0443. The fourth-order valence-corrected chi connectivity index (χ4v) is 2.90. The average Bonchev–Trinajstić information content (AvgIpc) is 2.88. The SMILES string of the molecule is COCC(=O)Nc1cc(NC(=O)Cn2nc(C)c(C(C)=O)c2C)ccc1OC. The number of rotatable bonds is 8. The van der Waals surface area contributed by atoms with Gasteiger partial charge in [0.25, 0.3) is 0 Å². The first-order valence-corrected chi connectivity index (χ1v) is 8.58. The van der Waals surface area contributed by atoms with E-state index in [4.69, 9.17) is 9.47 Å². The van der Waals surface area contributed by atoms with Crippen LogP contribution in [0.15, 0.2) is 18.2 Å². The van der Waals surface area contributed by atoms with Crippen molar-refractivity contribution in [1.29, 1.82) is 0 Å². The normalized spacial score (nSPS) is 10.5. The summed E-state index contributed by atoms with van der Waals surface area (Å²) >= 11 is 0. The molecule has 0 aliphatic rings. The number of carbonyl (C=O) groups excluding carboxylic acids is 3. The Labute approximate surface area is 163 Å². The van der Waals surface area contributed by atoms with Gasteiger partial charge in [-0.15, -0.1) is 0 Å². The molecule has 2 aromatic rings. The van der Waals surface area contributed by atoms with Gasteiger partial charge >= 0.3 is 0 Å². The molecule has 150 valence electrons. The Balaban J connectivity index is 2.15. The van der Waals surface area contributed by atoms with Crippen LogP contribution in [0.25, 0.3) is 0 Å². The molecule has 0 spiro atoms. The number of aromatic nitrogens is 2. The predicted molar refractivity (Wildman–Crippen MR) is 104 cm³/mol. The molecular formula is C19H24N4O5. The van der Waals surface area contributed by atoms with Crippen molar-refractivity contribution >= 4 is 29.0 Å². The Morgan fingerprint density at radius 2 is 1.82 bits per heavy atom. The molecule has 1 heterocycles. The predicted octanol–water partition coefficient (Wildman–Crippen LogP) is 1.93. The number of aryl methyl sites for hydroxylation is 1. The minimum Gasteiger partial charge on any atom is -0.495 e. The Bertz CT molecular complexity index is 904. The van der Waals surface area contributed by atoms with Crippen LogP contribution in [0, 0.1) is 13.8 Å². The van der Waals surface area contributed by atoms with Crippen molar-refractivity contribution in [2.24, 2.45) is 0 Å². The summed E-state index contributed by atoms with van der Waals surface area (Å²) in [6.45, 7) is 4.81. The van der Waals surface area contributed by atoms with Crippen molar-refractivity contribution in [2.75, 3.05) is 31.5 Å². The lowest BCUT2D eigenvalue weighted by Gasteiger charge is -2.13. The molecule has 0 bridgehead atoms. The van der Waals surface area contributed by atoms with Crippen LogP contribution >= 0.6 is 0 Å². The van der Waals surface area contributed by atoms with E-state index in [1.54, 1.807) is 32.0 Å². The number of amides is 2. The number of Topliss-reactive ketones (excluding diaryl/α,β-unsaturated/α-hetero) is 1. The summed E-state index contributed by atoms with van der Waals surface area (Å²) in [4.78, 5) is 35.9. The number of hydrogen-bond donors (Lipinski definition) is 2. The number of ketones is 1. The summed E-state index contributed by atoms with van der Waals surface area (Å²) < 4.78 is 11.5. The third-order valence-corrected chi connectivity index (χ3v) is 4.06. The van der Waals surface area contributed by atoms with Gasteiger partial charge in [-0.1, -0.05) is 0 Å². The van der Waals surface area contributed by atoms with E-state index in [-0.39, 0.29) is 30.7 Å². The number of methoxy groups -OCH3 is 2. The molecule has 0 saturated heterocycles. The van der Waals surface area contributed by atoms with E-state index < -0.39 is 0 Å². The van der Waals surface area contributed by atoms with E-state index in [9.17, 15) is 14.4 Å². The molecule has 0 radical (unpaired) electrons. The molecule has 0 aliphatic carbocycles. The van der Waals surface area contributed by atoms with Crippen molar-refractivity contribution in [3.05, 3.63) is 35.2 Å². The molecule has 0 saturated carbocycles. The monoisotopic (exact) mass is 388 g/mol. The molecule has 1 aromatic carbocycles. The van der Waals surface area contributed by atoms with E-state index >= 15 is 0 Å². The highest BCUT2D eigenvalue weighted by Crippen LogP contribution is 2.28. The molecule has 1 aromatic heterocycles. The van der Waals surface area contributed by atoms with Crippen LogP contribution in [-0.4, -0.2) is 48.2 Å². The van der Waals surface area contributed by atoms with Gasteiger partial charge < -0.3 is 20.1 Å². The molecule has 2 amide bonds. The summed E-state index contributed by atoms with van der Waals surface area (Å²) in [6, 6.07) is 4.88. The molecule has 2 N–H and O–H groups in total. The van der Waals surface area contributed by atoms with Crippen molar-refractivity contribution in [3.8, 4) is 5.75 Å². The zero-order chi connectivity index (χ0) is 20.8. The molecule has 28 heavy (non-hydrogen) atoms.